The molecule has 2 rings (SSSR count). The summed E-state index contributed by atoms with van der Waals surface area (Å²) in [5, 5.41) is 3.37. The van der Waals surface area contributed by atoms with Gasteiger partial charge in [0.15, 0.2) is 0 Å². The zero-order chi connectivity index (χ0) is 9.10. The highest BCUT2D eigenvalue weighted by molar-refractivity contribution is 7.99. The standard InChI is InChI=1S/C9H13N3S/c10-8-2-1-3-9(12-8)11-7-4-5-13-6-7/h1-3,7H,4-6H2,(H3,10,11,12). The molecule has 1 saturated heterocycles. The van der Waals surface area contributed by atoms with Crippen LogP contribution in [-0.4, -0.2) is 22.5 Å². The van der Waals surface area contributed by atoms with Gasteiger partial charge < -0.3 is 11.1 Å². The third-order valence-corrected chi connectivity index (χ3v) is 3.21. The molecule has 3 N–H and O–H groups in total. The van der Waals surface area contributed by atoms with E-state index in [1.165, 1.54) is 17.9 Å². The first-order valence-electron chi connectivity index (χ1n) is 4.41. The molecule has 0 bridgehead atoms. The van der Waals surface area contributed by atoms with Crippen LogP contribution in [0.15, 0.2) is 18.2 Å². The molecule has 1 fully saturated rings. The molecule has 13 heavy (non-hydrogen) atoms. The first-order valence-corrected chi connectivity index (χ1v) is 5.57. The van der Waals surface area contributed by atoms with Crippen LogP contribution in [0.1, 0.15) is 6.42 Å². The SMILES string of the molecule is Nc1cccc(NC2CCSC2)n1. The van der Waals surface area contributed by atoms with Gasteiger partial charge in [0, 0.05) is 11.8 Å². The van der Waals surface area contributed by atoms with Gasteiger partial charge in [-0.3, -0.25) is 0 Å². The lowest BCUT2D eigenvalue weighted by atomic mass is 10.2. The molecule has 3 nitrogen and oxygen atoms in total. The number of pyridine rings is 1. The fourth-order valence-corrected chi connectivity index (χ4v) is 2.54. The van der Waals surface area contributed by atoms with Crippen molar-refractivity contribution >= 4 is 23.4 Å². The number of anilines is 2. The zero-order valence-electron chi connectivity index (χ0n) is 7.36. The van der Waals surface area contributed by atoms with Crippen LogP contribution < -0.4 is 11.1 Å². The Morgan fingerprint density at radius 2 is 2.46 bits per heavy atom. The molecule has 1 aliphatic rings. The first kappa shape index (κ1) is 8.69. The van der Waals surface area contributed by atoms with E-state index in [1.54, 1.807) is 6.07 Å². The van der Waals surface area contributed by atoms with Gasteiger partial charge in [0.05, 0.1) is 0 Å². The summed E-state index contributed by atoms with van der Waals surface area (Å²) in [6.45, 7) is 0. The van der Waals surface area contributed by atoms with Gasteiger partial charge in [-0.15, -0.1) is 0 Å². The van der Waals surface area contributed by atoms with E-state index in [0.29, 0.717) is 11.9 Å². The van der Waals surface area contributed by atoms with Crippen LogP contribution >= 0.6 is 11.8 Å². The molecule has 70 valence electrons. The average molecular weight is 195 g/mol. The van der Waals surface area contributed by atoms with E-state index < -0.39 is 0 Å². The van der Waals surface area contributed by atoms with Gasteiger partial charge >= 0.3 is 0 Å². The highest BCUT2D eigenvalue weighted by atomic mass is 32.2. The van der Waals surface area contributed by atoms with Crippen LogP contribution in [0.2, 0.25) is 0 Å². The van der Waals surface area contributed by atoms with Gasteiger partial charge in [0.1, 0.15) is 11.6 Å². The fourth-order valence-electron chi connectivity index (χ4n) is 1.39. The highest BCUT2D eigenvalue weighted by Gasteiger charge is 2.14. The Bertz CT molecular complexity index is 284. The summed E-state index contributed by atoms with van der Waals surface area (Å²) >= 11 is 1.98. The molecule has 1 unspecified atom stereocenters. The molecule has 0 spiro atoms. The number of hydrogen-bond acceptors (Lipinski definition) is 4. The minimum Gasteiger partial charge on any atom is -0.384 e. The van der Waals surface area contributed by atoms with Gasteiger partial charge in [-0.2, -0.15) is 11.8 Å². The summed E-state index contributed by atoms with van der Waals surface area (Å²) in [5.41, 5.74) is 5.58. The van der Waals surface area contributed by atoms with Gasteiger partial charge in [0.25, 0.3) is 0 Å². The first-order chi connectivity index (χ1) is 6.34. The molecule has 0 radical (unpaired) electrons. The Kier molecular flexibility index (Phi) is 2.59. The minimum atomic E-state index is 0.569. The van der Waals surface area contributed by atoms with Gasteiger partial charge in [-0.1, -0.05) is 6.07 Å². The third kappa shape index (κ3) is 2.28. The number of thioether (sulfide) groups is 1. The summed E-state index contributed by atoms with van der Waals surface area (Å²) in [7, 11) is 0. The smallest absolute Gasteiger partial charge is 0.128 e. The van der Waals surface area contributed by atoms with Crippen molar-refractivity contribution in [2.75, 3.05) is 22.6 Å². The Morgan fingerprint density at radius 1 is 1.54 bits per heavy atom. The normalized spacial score (nSPS) is 21.7. The molecule has 0 aromatic carbocycles. The Hall–Kier alpha value is -0.900. The molecule has 4 heteroatoms. The summed E-state index contributed by atoms with van der Waals surface area (Å²) in [6, 6.07) is 6.25. The molecule has 1 aliphatic heterocycles. The molecule has 0 amide bonds. The van der Waals surface area contributed by atoms with E-state index in [1.807, 2.05) is 23.9 Å². The molecule has 1 aromatic heterocycles. The number of nitrogens with one attached hydrogen (secondary N) is 1. The lowest BCUT2D eigenvalue weighted by molar-refractivity contribution is 0.807. The Balaban J connectivity index is 2.00. The topological polar surface area (TPSA) is 50.9 Å². The molecule has 0 aliphatic carbocycles. The second-order valence-electron chi connectivity index (χ2n) is 3.15. The van der Waals surface area contributed by atoms with Crippen molar-refractivity contribution in [3.63, 3.8) is 0 Å². The van der Waals surface area contributed by atoms with Crippen LogP contribution in [0.4, 0.5) is 11.6 Å². The summed E-state index contributed by atoms with van der Waals surface area (Å²) in [5.74, 6) is 3.90. The second-order valence-corrected chi connectivity index (χ2v) is 4.30. The summed E-state index contributed by atoms with van der Waals surface area (Å²) in [4.78, 5) is 4.19. The molecule has 1 aromatic rings. The van der Waals surface area contributed by atoms with E-state index in [0.717, 1.165) is 5.82 Å². The van der Waals surface area contributed by atoms with E-state index in [2.05, 4.69) is 10.3 Å². The van der Waals surface area contributed by atoms with Crippen LogP contribution in [0.25, 0.3) is 0 Å². The van der Waals surface area contributed by atoms with Crippen LogP contribution in [0.3, 0.4) is 0 Å². The summed E-state index contributed by atoms with van der Waals surface area (Å²) in [6.07, 6.45) is 1.22. The molecule has 2 heterocycles. The maximum Gasteiger partial charge on any atom is 0.128 e. The second kappa shape index (κ2) is 3.87. The van der Waals surface area contributed by atoms with E-state index in [9.17, 15) is 0 Å². The maximum atomic E-state index is 5.58. The quantitative estimate of drug-likeness (QED) is 0.752. The number of hydrogen-bond donors (Lipinski definition) is 2. The van der Waals surface area contributed by atoms with Crippen molar-refractivity contribution in [3.05, 3.63) is 18.2 Å². The van der Waals surface area contributed by atoms with Crippen molar-refractivity contribution in [1.82, 2.24) is 4.98 Å². The van der Waals surface area contributed by atoms with Gasteiger partial charge in [-0.25, -0.2) is 4.98 Å². The third-order valence-electron chi connectivity index (χ3n) is 2.05. The number of nitrogens with zero attached hydrogens (tertiary/aromatic N) is 1. The van der Waals surface area contributed by atoms with E-state index in [4.69, 9.17) is 5.73 Å². The highest BCUT2D eigenvalue weighted by Crippen LogP contribution is 2.20. The number of nitrogen functional groups attached to an aromatic ring is 1. The molecule has 0 saturated carbocycles. The Labute approximate surface area is 82.1 Å². The lowest BCUT2D eigenvalue weighted by Crippen LogP contribution is -2.18. The van der Waals surface area contributed by atoms with Crippen LogP contribution in [0, 0.1) is 0 Å². The maximum absolute atomic E-state index is 5.58. The Morgan fingerprint density at radius 3 is 3.15 bits per heavy atom. The lowest BCUT2D eigenvalue weighted by Gasteiger charge is -2.11. The molecule has 1 atom stereocenters. The van der Waals surface area contributed by atoms with Crippen LogP contribution in [0.5, 0.6) is 0 Å². The van der Waals surface area contributed by atoms with Crippen molar-refractivity contribution in [3.8, 4) is 0 Å². The largest absolute Gasteiger partial charge is 0.384 e. The fraction of sp³-hybridized carbons (Fsp3) is 0.444. The van der Waals surface area contributed by atoms with Crippen molar-refractivity contribution in [1.29, 1.82) is 0 Å². The zero-order valence-corrected chi connectivity index (χ0v) is 8.18. The van der Waals surface area contributed by atoms with Gasteiger partial charge in [-0.05, 0) is 24.3 Å². The molecular formula is C9H13N3S. The summed E-state index contributed by atoms with van der Waals surface area (Å²) < 4.78 is 0. The predicted octanol–water partition coefficient (Wildman–Crippen LogP) is 1.58. The van der Waals surface area contributed by atoms with Crippen molar-refractivity contribution in [2.24, 2.45) is 0 Å². The number of nitrogens with two attached hydrogens (primary N) is 1. The average Bonchev–Trinajstić information content (AvgIpc) is 2.57. The number of rotatable bonds is 2. The van der Waals surface area contributed by atoms with Crippen LogP contribution in [-0.2, 0) is 0 Å². The predicted molar refractivity (Wildman–Crippen MR) is 58.0 cm³/mol. The van der Waals surface area contributed by atoms with E-state index in [-0.39, 0.29) is 0 Å². The monoisotopic (exact) mass is 195 g/mol. The van der Waals surface area contributed by atoms with Gasteiger partial charge in [0.2, 0.25) is 0 Å². The van der Waals surface area contributed by atoms with Crippen molar-refractivity contribution in [2.45, 2.75) is 12.5 Å². The molecular weight excluding hydrogens is 182 g/mol. The number of aromatic nitrogens is 1. The van der Waals surface area contributed by atoms with Crippen molar-refractivity contribution < 1.29 is 0 Å². The minimum absolute atomic E-state index is 0.569. The van der Waals surface area contributed by atoms with E-state index >= 15 is 0 Å².